The molecule has 0 saturated heterocycles. The number of furan rings is 1. The molecule has 0 unspecified atom stereocenters. The van der Waals surface area contributed by atoms with Crippen molar-refractivity contribution in [2.45, 2.75) is 13.0 Å². The summed E-state index contributed by atoms with van der Waals surface area (Å²) in [6.45, 7) is -0.151. The van der Waals surface area contributed by atoms with Crippen molar-refractivity contribution >= 4 is 5.97 Å². The molecular weight excluding hydrogens is 291 g/mol. The van der Waals surface area contributed by atoms with Crippen LogP contribution in [-0.2, 0) is 22.6 Å². The van der Waals surface area contributed by atoms with Crippen LogP contribution in [-0.4, -0.2) is 16.2 Å². The number of hydrogen-bond acceptors (Lipinski definition) is 6. The van der Waals surface area contributed by atoms with Gasteiger partial charge in [-0.2, -0.15) is 0 Å². The number of benzene rings is 1. The smallest absolute Gasteiger partial charge is 0.310 e. The number of rotatable bonds is 5. The Kier molecular flexibility index (Phi) is 3.95. The molecule has 0 saturated carbocycles. The normalized spacial score (nSPS) is 10.6. The predicted molar refractivity (Wildman–Crippen MR) is 71.9 cm³/mol. The van der Waals surface area contributed by atoms with Gasteiger partial charge in [0.15, 0.2) is 12.4 Å². The summed E-state index contributed by atoms with van der Waals surface area (Å²) in [7, 11) is 0. The Balaban J connectivity index is 1.55. The van der Waals surface area contributed by atoms with E-state index in [1.54, 1.807) is 18.2 Å². The highest BCUT2D eigenvalue weighted by molar-refractivity contribution is 5.72. The maximum atomic E-state index is 13.0. The Bertz CT molecular complexity index is 767. The first-order valence-corrected chi connectivity index (χ1v) is 6.47. The molecule has 0 amide bonds. The molecule has 2 heterocycles. The van der Waals surface area contributed by atoms with Crippen LogP contribution in [0.15, 0.2) is 51.5 Å². The van der Waals surface area contributed by atoms with Crippen molar-refractivity contribution in [1.82, 2.24) is 10.2 Å². The topological polar surface area (TPSA) is 78.4 Å². The number of nitrogens with zero attached hydrogens (tertiary/aromatic N) is 2. The zero-order valence-corrected chi connectivity index (χ0v) is 11.4. The molecule has 22 heavy (non-hydrogen) atoms. The minimum atomic E-state index is -0.511. The predicted octanol–water partition coefficient (Wildman–Crippen LogP) is 2.75. The summed E-state index contributed by atoms with van der Waals surface area (Å²) in [4.78, 5) is 11.7. The molecule has 0 bridgehead atoms. The Morgan fingerprint density at radius 2 is 2.14 bits per heavy atom. The number of carbonyl (C=O) groups is 1. The van der Waals surface area contributed by atoms with Gasteiger partial charge < -0.3 is 13.6 Å². The zero-order valence-electron chi connectivity index (χ0n) is 11.4. The zero-order chi connectivity index (χ0) is 15.4. The fourth-order valence-electron chi connectivity index (χ4n) is 1.82. The summed E-state index contributed by atoms with van der Waals surface area (Å²) in [5, 5.41) is 7.53. The van der Waals surface area contributed by atoms with Crippen LogP contribution >= 0.6 is 0 Å². The van der Waals surface area contributed by atoms with Crippen molar-refractivity contribution < 1.29 is 22.8 Å². The van der Waals surface area contributed by atoms with Crippen LogP contribution in [0.3, 0.4) is 0 Å². The summed E-state index contributed by atoms with van der Waals surface area (Å²) in [5.74, 6) is -0.112. The van der Waals surface area contributed by atoms with Gasteiger partial charge in [-0.1, -0.05) is 12.1 Å². The number of hydrogen-bond donors (Lipinski definition) is 0. The third-order valence-corrected chi connectivity index (χ3v) is 2.79. The quantitative estimate of drug-likeness (QED) is 0.674. The van der Waals surface area contributed by atoms with Crippen LogP contribution in [0, 0.1) is 5.82 Å². The van der Waals surface area contributed by atoms with E-state index >= 15 is 0 Å². The van der Waals surface area contributed by atoms with Gasteiger partial charge in [0.05, 0.1) is 12.7 Å². The van der Waals surface area contributed by atoms with Crippen molar-refractivity contribution in [3.63, 3.8) is 0 Å². The first-order chi connectivity index (χ1) is 10.7. The number of carbonyl (C=O) groups excluding carboxylic acids is 1. The minimum absolute atomic E-state index is 0.0308. The summed E-state index contributed by atoms with van der Waals surface area (Å²) in [6.07, 6.45) is 1.45. The molecule has 7 heteroatoms. The van der Waals surface area contributed by atoms with E-state index in [9.17, 15) is 9.18 Å². The molecule has 3 rings (SSSR count). The highest BCUT2D eigenvalue weighted by Crippen LogP contribution is 2.18. The Morgan fingerprint density at radius 3 is 2.91 bits per heavy atom. The second kappa shape index (κ2) is 6.21. The first-order valence-electron chi connectivity index (χ1n) is 6.47. The van der Waals surface area contributed by atoms with Gasteiger partial charge in [0, 0.05) is 0 Å². The third-order valence-electron chi connectivity index (χ3n) is 2.79. The molecule has 0 radical (unpaired) electrons. The van der Waals surface area contributed by atoms with Gasteiger partial charge in [-0.3, -0.25) is 4.79 Å². The van der Waals surface area contributed by atoms with Crippen molar-refractivity contribution in [3.05, 3.63) is 59.9 Å². The minimum Gasteiger partial charge on any atom is -0.459 e. The summed E-state index contributed by atoms with van der Waals surface area (Å²) >= 11 is 0. The Hall–Kier alpha value is -2.96. The lowest BCUT2D eigenvalue weighted by Gasteiger charge is -2.02. The fraction of sp³-hybridized carbons (Fsp3) is 0.133. The lowest BCUT2D eigenvalue weighted by molar-refractivity contribution is -0.144. The SMILES string of the molecule is O=C(Cc1cccc(F)c1)OCc1nnc(-c2ccco2)o1. The summed E-state index contributed by atoms with van der Waals surface area (Å²) in [5.41, 5.74) is 0.534. The standard InChI is InChI=1S/C15H11FN2O4/c16-11-4-1-3-10(7-11)8-14(19)21-9-13-17-18-15(22-13)12-5-2-6-20-12/h1-7H,8-9H2. The Labute approximate surface area is 124 Å². The van der Waals surface area contributed by atoms with Crippen LogP contribution in [0.1, 0.15) is 11.5 Å². The molecule has 6 nitrogen and oxygen atoms in total. The fourth-order valence-corrected chi connectivity index (χ4v) is 1.82. The van der Waals surface area contributed by atoms with Crippen molar-refractivity contribution in [2.24, 2.45) is 0 Å². The molecule has 3 aromatic rings. The van der Waals surface area contributed by atoms with Crippen LogP contribution in [0.4, 0.5) is 4.39 Å². The molecule has 0 aliphatic carbocycles. The van der Waals surface area contributed by atoms with Crippen molar-refractivity contribution in [1.29, 1.82) is 0 Å². The lowest BCUT2D eigenvalue weighted by atomic mass is 10.1. The van der Waals surface area contributed by atoms with Gasteiger partial charge in [-0.05, 0) is 29.8 Å². The molecule has 0 N–H and O–H groups in total. The number of halogens is 1. The van der Waals surface area contributed by atoms with Gasteiger partial charge in [0.25, 0.3) is 11.8 Å². The van der Waals surface area contributed by atoms with Crippen LogP contribution in [0.25, 0.3) is 11.7 Å². The van der Waals surface area contributed by atoms with E-state index in [0.29, 0.717) is 11.3 Å². The number of aromatic nitrogens is 2. The highest BCUT2D eigenvalue weighted by Gasteiger charge is 2.13. The van der Waals surface area contributed by atoms with Gasteiger partial charge in [0.1, 0.15) is 5.82 Å². The van der Waals surface area contributed by atoms with E-state index in [-0.39, 0.29) is 24.8 Å². The average Bonchev–Trinajstić information content (AvgIpc) is 3.16. The van der Waals surface area contributed by atoms with E-state index in [1.807, 2.05) is 0 Å². The molecule has 0 fully saturated rings. The molecule has 0 aliphatic heterocycles. The molecule has 0 atom stereocenters. The largest absolute Gasteiger partial charge is 0.459 e. The Morgan fingerprint density at radius 1 is 1.23 bits per heavy atom. The second-order valence-electron chi connectivity index (χ2n) is 4.45. The van der Waals surface area contributed by atoms with Crippen LogP contribution < -0.4 is 0 Å². The van der Waals surface area contributed by atoms with E-state index in [0.717, 1.165) is 0 Å². The maximum Gasteiger partial charge on any atom is 0.310 e. The van der Waals surface area contributed by atoms with Crippen LogP contribution in [0.5, 0.6) is 0 Å². The third kappa shape index (κ3) is 3.38. The maximum absolute atomic E-state index is 13.0. The van der Waals surface area contributed by atoms with Gasteiger partial charge in [-0.15, -0.1) is 10.2 Å². The number of ether oxygens (including phenoxy) is 1. The van der Waals surface area contributed by atoms with E-state index in [4.69, 9.17) is 13.6 Å². The van der Waals surface area contributed by atoms with Gasteiger partial charge >= 0.3 is 5.97 Å². The number of esters is 1. The lowest BCUT2D eigenvalue weighted by Crippen LogP contribution is -2.08. The first kappa shape index (κ1) is 14.0. The molecular formula is C15H11FN2O4. The van der Waals surface area contributed by atoms with E-state index < -0.39 is 11.8 Å². The molecule has 112 valence electrons. The average molecular weight is 302 g/mol. The summed E-state index contributed by atoms with van der Waals surface area (Å²) < 4.78 is 28.4. The van der Waals surface area contributed by atoms with Gasteiger partial charge in [-0.25, -0.2) is 4.39 Å². The van der Waals surface area contributed by atoms with Crippen LogP contribution in [0.2, 0.25) is 0 Å². The van der Waals surface area contributed by atoms with Gasteiger partial charge in [0.2, 0.25) is 0 Å². The molecule has 0 aliphatic rings. The van der Waals surface area contributed by atoms with E-state index in [2.05, 4.69) is 10.2 Å². The van der Waals surface area contributed by atoms with Crippen molar-refractivity contribution in [3.8, 4) is 11.7 Å². The highest BCUT2D eigenvalue weighted by atomic mass is 19.1. The second-order valence-corrected chi connectivity index (χ2v) is 4.45. The molecule has 2 aromatic heterocycles. The molecule has 0 spiro atoms. The summed E-state index contributed by atoms with van der Waals surface area (Å²) in [6, 6.07) is 9.13. The monoisotopic (exact) mass is 302 g/mol. The molecule has 1 aromatic carbocycles. The van der Waals surface area contributed by atoms with E-state index in [1.165, 1.54) is 24.5 Å². The van der Waals surface area contributed by atoms with Crippen molar-refractivity contribution in [2.75, 3.05) is 0 Å².